The van der Waals surface area contributed by atoms with E-state index in [9.17, 15) is 0 Å². The molecule has 0 saturated carbocycles. The van der Waals surface area contributed by atoms with Gasteiger partial charge in [-0.1, -0.05) is 39.2 Å². The molecule has 0 spiro atoms. The van der Waals surface area contributed by atoms with Gasteiger partial charge in [0.1, 0.15) is 4.60 Å². The molecule has 0 amide bonds. The second kappa shape index (κ2) is 8.65. The first-order chi connectivity index (χ1) is 8.26. The first-order valence-electron chi connectivity index (χ1n) is 6.61. The molecule has 1 N–H and O–H groups in total. The molecule has 1 heterocycles. The maximum atomic E-state index is 4.44. The summed E-state index contributed by atoms with van der Waals surface area (Å²) in [5.74, 6) is 0. The van der Waals surface area contributed by atoms with Gasteiger partial charge >= 0.3 is 0 Å². The molecule has 1 unspecified atom stereocenters. The average molecular weight is 299 g/mol. The lowest BCUT2D eigenvalue weighted by atomic mass is 10.1. The van der Waals surface area contributed by atoms with Crippen LogP contribution in [0.5, 0.6) is 0 Å². The van der Waals surface area contributed by atoms with Gasteiger partial charge in [-0.2, -0.15) is 0 Å². The third-order valence-electron chi connectivity index (χ3n) is 2.89. The van der Waals surface area contributed by atoms with Gasteiger partial charge in [-0.3, -0.25) is 0 Å². The molecule has 0 aromatic carbocycles. The number of nitrogens with zero attached hydrogens (tertiary/aromatic N) is 1. The van der Waals surface area contributed by atoms with Crippen molar-refractivity contribution in [2.24, 2.45) is 0 Å². The van der Waals surface area contributed by atoms with E-state index >= 15 is 0 Å². The van der Waals surface area contributed by atoms with Gasteiger partial charge in [0.2, 0.25) is 0 Å². The molecule has 0 aliphatic heterocycles. The van der Waals surface area contributed by atoms with E-state index in [0.29, 0.717) is 6.04 Å². The van der Waals surface area contributed by atoms with Crippen LogP contribution in [0.1, 0.15) is 51.6 Å². The van der Waals surface area contributed by atoms with Crippen LogP contribution < -0.4 is 5.32 Å². The highest BCUT2D eigenvalue weighted by Gasteiger charge is 2.06. The zero-order valence-corrected chi connectivity index (χ0v) is 12.5. The van der Waals surface area contributed by atoms with E-state index in [0.717, 1.165) is 16.8 Å². The van der Waals surface area contributed by atoms with Crippen LogP contribution >= 0.6 is 15.9 Å². The van der Waals surface area contributed by atoms with Crippen LogP contribution in [0, 0.1) is 0 Å². The summed E-state index contributed by atoms with van der Waals surface area (Å²) in [6.45, 7) is 5.37. The number of halogens is 1. The lowest BCUT2D eigenvalue weighted by molar-refractivity contribution is 0.431. The fourth-order valence-electron chi connectivity index (χ4n) is 1.95. The van der Waals surface area contributed by atoms with E-state index in [-0.39, 0.29) is 0 Å². The first kappa shape index (κ1) is 14.7. The van der Waals surface area contributed by atoms with Crippen molar-refractivity contribution in [1.29, 1.82) is 0 Å². The Morgan fingerprint density at radius 1 is 1.24 bits per heavy atom. The SMILES string of the molecule is CCCCC(CCC)NCc1cccc(Br)n1. The average Bonchev–Trinajstić information content (AvgIpc) is 2.33. The van der Waals surface area contributed by atoms with Crippen molar-refractivity contribution < 1.29 is 0 Å². The van der Waals surface area contributed by atoms with Crippen molar-refractivity contribution in [1.82, 2.24) is 10.3 Å². The van der Waals surface area contributed by atoms with Crippen LogP contribution in [-0.4, -0.2) is 11.0 Å². The Balaban J connectivity index is 2.39. The van der Waals surface area contributed by atoms with Crippen LogP contribution in [-0.2, 0) is 6.54 Å². The molecule has 0 radical (unpaired) electrons. The van der Waals surface area contributed by atoms with Gasteiger partial charge in [0.15, 0.2) is 0 Å². The summed E-state index contributed by atoms with van der Waals surface area (Å²) in [7, 11) is 0. The standard InChI is InChI=1S/C14H23BrN2/c1-3-5-8-12(7-4-2)16-11-13-9-6-10-14(15)17-13/h6,9-10,12,16H,3-5,7-8,11H2,1-2H3. The number of rotatable bonds is 8. The molecule has 0 saturated heterocycles. The zero-order chi connectivity index (χ0) is 12.5. The Labute approximate surface area is 113 Å². The van der Waals surface area contributed by atoms with Gasteiger partial charge < -0.3 is 5.32 Å². The van der Waals surface area contributed by atoms with E-state index in [2.05, 4.69) is 46.1 Å². The minimum absolute atomic E-state index is 0.640. The van der Waals surface area contributed by atoms with Gasteiger partial charge in [-0.25, -0.2) is 4.98 Å². The smallest absolute Gasteiger partial charge is 0.106 e. The van der Waals surface area contributed by atoms with Crippen molar-refractivity contribution in [3.05, 3.63) is 28.5 Å². The number of hydrogen-bond donors (Lipinski definition) is 1. The van der Waals surface area contributed by atoms with Crippen molar-refractivity contribution in [3.8, 4) is 0 Å². The fraction of sp³-hybridized carbons (Fsp3) is 0.643. The van der Waals surface area contributed by atoms with Crippen LogP contribution in [0.25, 0.3) is 0 Å². The summed E-state index contributed by atoms with van der Waals surface area (Å²) in [4.78, 5) is 4.44. The second-order valence-corrected chi connectivity index (χ2v) is 5.27. The molecule has 0 fully saturated rings. The number of unbranched alkanes of at least 4 members (excludes halogenated alkanes) is 1. The van der Waals surface area contributed by atoms with Crippen molar-refractivity contribution in [2.45, 2.75) is 58.5 Å². The van der Waals surface area contributed by atoms with Crippen molar-refractivity contribution >= 4 is 15.9 Å². The Kier molecular flexibility index (Phi) is 7.45. The Hall–Kier alpha value is -0.410. The maximum absolute atomic E-state index is 4.44. The van der Waals surface area contributed by atoms with Crippen molar-refractivity contribution in [3.63, 3.8) is 0 Å². The topological polar surface area (TPSA) is 24.9 Å². The van der Waals surface area contributed by atoms with Gasteiger partial charge in [-0.15, -0.1) is 0 Å². The van der Waals surface area contributed by atoms with Gasteiger partial charge in [-0.05, 0) is 40.9 Å². The summed E-state index contributed by atoms with van der Waals surface area (Å²) in [5, 5.41) is 3.62. The Morgan fingerprint density at radius 3 is 2.71 bits per heavy atom. The highest BCUT2D eigenvalue weighted by molar-refractivity contribution is 9.10. The van der Waals surface area contributed by atoms with Crippen molar-refractivity contribution in [2.75, 3.05) is 0 Å². The summed E-state index contributed by atoms with van der Waals surface area (Å²) in [6, 6.07) is 6.71. The lowest BCUT2D eigenvalue weighted by Gasteiger charge is -2.17. The minimum atomic E-state index is 0.640. The monoisotopic (exact) mass is 298 g/mol. The molecule has 0 aliphatic rings. The van der Waals surface area contributed by atoms with E-state index in [1.807, 2.05) is 12.1 Å². The number of aromatic nitrogens is 1. The van der Waals surface area contributed by atoms with Gasteiger partial charge in [0.05, 0.1) is 5.69 Å². The molecule has 2 nitrogen and oxygen atoms in total. The summed E-state index contributed by atoms with van der Waals surface area (Å²) >= 11 is 3.40. The van der Waals surface area contributed by atoms with Crippen LogP contribution in [0.4, 0.5) is 0 Å². The predicted molar refractivity (Wildman–Crippen MR) is 77.0 cm³/mol. The second-order valence-electron chi connectivity index (χ2n) is 4.46. The normalized spacial score (nSPS) is 12.6. The molecule has 96 valence electrons. The third kappa shape index (κ3) is 6.18. The van der Waals surface area contributed by atoms with Gasteiger partial charge in [0, 0.05) is 12.6 Å². The summed E-state index contributed by atoms with van der Waals surface area (Å²) < 4.78 is 0.914. The minimum Gasteiger partial charge on any atom is -0.308 e. The van der Waals surface area contributed by atoms with E-state index in [1.165, 1.54) is 32.1 Å². The molecule has 1 rings (SSSR count). The molecule has 1 aromatic heterocycles. The zero-order valence-electron chi connectivity index (χ0n) is 10.9. The Bertz CT molecular complexity index is 315. The predicted octanol–water partition coefficient (Wildman–Crippen LogP) is 4.29. The van der Waals surface area contributed by atoms with E-state index in [4.69, 9.17) is 0 Å². The highest BCUT2D eigenvalue weighted by atomic mass is 79.9. The van der Waals surface area contributed by atoms with Crippen LogP contribution in [0.2, 0.25) is 0 Å². The molecular formula is C14H23BrN2. The molecular weight excluding hydrogens is 276 g/mol. The fourth-order valence-corrected chi connectivity index (χ4v) is 2.33. The molecule has 3 heteroatoms. The summed E-state index contributed by atoms with van der Waals surface area (Å²) in [6.07, 6.45) is 6.36. The number of hydrogen-bond acceptors (Lipinski definition) is 2. The molecule has 17 heavy (non-hydrogen) atoms. The first-order valence-corrected chi connectivity index (χ1v) is 7.40. The van der Waals surface area contributed by atoms with Gasteiger partial charge in [0.25, 0.3) is 0 Å². The highest BCUT2D eigenvalue weighted by Crippen LogP contribution is 2.09. The quantitative estimate of drug-likeness (QED) is 0.724. The number of pyridine rings is 1. The van der Waals surface area contributed by atoms with Crippen LogP contribution in [0.15, 0.2) is 22.8 Å². The third-order valence-corrected chi connectivity index (χ3v) is 3.33. The van der Waals surface area contributed by atoms with E-state index in [1.54, 1.807) is 0 Å². The number of nitrogens with one attached hydrogen (secondary N) is 1. The largest absolute Gasteiger partial charge is 0.308 e. The van der Waals surface area contributed by atoms with E-state index < -0.39 is 0 Å². The maximum Gasteiger partial charge on any atom is 0.106 e. The molecule has 1 atom stereocenters. The molecule has 0 bridgehead atoms. The Morgan fingerprint density at radius 2 is 2.06 bits per heavy atom. The molecule has 0 aliphatic carbocycles. The lowest BCUT2D eigenvalue weighted by Crippen LogP contribution is -2.28. The van der Waals surface area contributed by atoms with Crippen LogP contribution in [0.3, 0.4) is 0 Å². The summed E-state index contributed by atoms with van der Waals surface area (Å²) in [5.41, 5.74) is 1.11. The molecule has 1 aromatic rings.